The van der Waals surface area contributed by atoms with E-state index < -0.39 is 5.97 Å². The van der Waals surface area contributed by atoms with Crippen molar-refractivity contribution in [2.45, 2.75) is 19.8 Å². The summed E-state index contributed by atoms with van der Waals surface area (Å²) in [6.07, 6.45) is 3.21. The highest BCUT2D eigenvalue weighted by molar-refractivity contribution is 6.30. The minimum Gasteiger partial charge on any atom is -0.464 e. The number of esters is 1. The Morgan fingerprint density at radius 3 is 2.95 bits per heavy atom. The number of hydrogen-bond donors (Lipinski definition) is 1. The fourth-order valence-electron chi connectivity index (χ4n) is 1.63. The van der Waals surface area contributed by atoms with Crippen molar-refractivity contribution in [1.29, 1.82) is 0 Å². The minimum absolute atomic E-state index is 0.0988. The molecule has 0 spiro atoms. The molecule has 0 aliphatic carbocycles. The lowest BCUT2D eigenvalue weighted by atomic mass is 10.3. The van der Waals surface area contributed by atoms with Gasteiger partial charge >= 0.3 is 5.97 Å². The van der Waals surface area contributed by atoms with Gasteiger partial charge in [0.2, 0.25) is 5.88 Å². The second kappa shape index (κ2) is 7.65. The largest absolute Gasteiger partial charge is 0.464 e. The standard InChI is InChI=1S/C14H16ClN3O4/c1-2-3-6-21-14(19)9-22-13-7-12(18(20)17-13)11-5-4-10(15)8-16-11/h4-5,7-8,20H,2-3,6,9H2,1H3. The van der Waals surface area contributed by atoms with Crippen LogP contribution >= 0.6 is 11.6 Å². The lowest BCUT2D eigenvalue weighted by Gasteiger charge is -2.03. The van der Waals surface area contributed by atoms with Crippen LogP contribution in [0.25, 0.3) is 11.4 Å². The molecule has 0 aliphatic heterocycles. The van der Waals surface area contributed by atoms with Crippen molar-refractivity contribution in [3.63, 3.8) is 0 Å². The molecule has 22 heavy (non-hydrogen) atoms. The first-order valence-electron chi connectivity index (χ1n) is 6.80. The second-order valence-corrected chi connectivity index (χ2v) is 4.92. The summed E-state index contributed by atoms with van der Waals surface area (Å²) in [6.45, 7) is 2.10. The molecule has 0 unspecified atom stereocenters. The van der Waals surface area contributed by atoms with Crippen molar-refractivity contribution < 1.29 is 19.5 Å². The lowest BCUT2D eigenvalue weighted by Crippen LogP contribution is -2.15. The number of hydrogen-bond acceptors (Lipinski definition) is 6. The molecule has 7 nitrogen and oxygen atoms in total. The smallest absolute Gasteiger partial charge is 0.344 e. The summed E-state index contributed by atoms with van der Waals surface area (Å²) in [5, 5.41) is 14.0. The molecule has 0 radical (unpaired) electrons. The Balaban J connectivity index is 1.95. The van der Waals surface area contributed by atoms with Crippen molar-refractivity contribution in [2.75, 3.05) is 13.2 Å². The van der Waals surface area contributed by atoms with Crippen LogP contribution in [0.5, 0.6) is 5.88 Å². The molecule has 2 aromatic heterocycles. The molecule has 0 bridgehead atoms. The molecule has 2 heterocycles. The molecular formula is C14H16ClN3O4. The molecule has 0 saturated heterocycles. The average molecular weight is 326 g/mol. The highest BCUT2D eigenvalue weighted by Gasteiger charge is 2.13. The van der Waals surface area contributed by atoms with Gasteiger partial charge in [0.1, 0.15) is 5.69 Å². The number of carbonyl (C=O) groups is 1. The van der Waals surface area contributed by atoms with Crippen LogP contribution in [0.4, 0.5) is 0 Å². The number of halogens is 1. The third kappa shape index (κ3) is 4.36. The molecule has 0 saturated carbocycles. The topological polar surface area (TPSA) is 86.5 Å². The van der Waals surface area contributed by atoms with Crippen LogP contribution in [0.2, 0.25) is 5.02 Å². The second-order valence-electron chi connectivity index (χ2n) is 4.48. The molecule has 0 amide bonds. The van der Waals surface area contributed by atoms with Gasteiger partial charge in [0.15, 0.2) is 6.61 Å². The van der Waals surface area contributed by atoms with Crippen molar-refractivity contribution in [3.05, 3.63) is 29.4 Å². The summed E-state index contributed by atoms with van der Waals surface area (Å²) in [7, 11) is 0. The van der Waals surface area contributed by atoms with Crippen molar-refractivity contribution in [3.8, 4) is 17.3 Å². The van der Waals surface area contributed by atoms with E-state index in [1.54, 1.807) is 12.1 Å². The van der Waals surface area contributed by atoms with Gasteiger partial charge in [-0.1, -0.05) is 34.9 Å². The maximum atomic E-state index is 11.4. The van der Waals surface area contributed by atoms with Crippen LogP contribution in [-0.2, 0) is 9.53 Å². The SMILES string of the molecule is CCCCOC(=O)COc1cc(-c2ccc(Cl)cn2)n(O)n1. The Kier molecular flexibility index (Phi) is 5.60. The van der Waals surface area contributed by atoms with E-state index in [1.807, 2.05) is 6.92 Å². The monoisotopic (exact) mass is 325 g/mol. The Hall–Kier alpha value is -2.28. The molecule has 118 valence electrons. The molecule has 0 aromatic carbocycles. The van der Waals surface area contributed by atoms with E-state index in [1.165, 1.54) is 12.3 Å². The number of carbonyl (C=O) groups excluding carboxylic acids is 1. The third-order valence-corrected chi connectivity index (χ3v) is 2.98. The minimum atomic E-state index is -0.480. The van der Waals surface area contributed by atoms with Crippen LogP contribution in [0.3, 0.4) is 0 Å². The van der Waals surface area contributed by atoms with E-state index in [-0.39, 0.29) is 12.5 Å². The van der Waals surface area contributed by atoms with Gasteiger partial charge in [0, 0.05) is 12.3 Å². The van der Waals surface area contributed by atoms with Crippen LogP contribution in [0, 0.1) is 0 Å². The summed E-state index contributed by atoms with van der Waals surface area (Å²) in [6, 6.07) is 4.74. The number of aromatic nitrogens is 3. The summed E-state index contributed by atoms with van der Waals surface area (Å²) in [5.74, 6) is -0.381. The molecular weight excluding hydrogens is 310 g/mol. The van der Waals surface area contributed by atoms with Crippen LogP contribution in [0.1, 0.15) is 19.8 Å². The van der Waals surface area contributed by atoms with E-state index >= 15 is 0 Å². The van der Waals surface area contributed by atoms with Crippen molar-refractivity contribution in [2.24, 2.45) is 0 Å². The summed E-state index contributed by atoms with van der Waals surface area (Å²) in [4.78, 5) is 16.1. The number of nitrogens with zero attached hydrogens (tertiary/aromatic N) is 3. The van der Waals surface area contributed by atoms with Crippen molar-refractivity contribution >= 4 is 17.6 Å². The number of rotatable bonds is 7. The van der Waals surface area contributed by atoms with Crippen LogP contribution < -0.4 is 4.74 Å². The Bertz CT molecular complexity index is 628. The molecule has 2 rings (SSSR count). The van der Waals surface area contributed by atoms with Crippen molar-refractivity contribution in [1.82, 2.24) is 14.9 Å². The first-order chi connectivity index (χ1) is 10.6. The van der Waals surface area contributed by atoms with Gasteiger partial charge in [-0.05, 0) is 18.6 Å². The molecule has 8 heteroatoms. The predicted molar refractivity (Wildman–Crippen MR) is 79.0 cm³/mol. The quantitative estimate of drug-likeness (QED) is 0.478. The van der Waals surface area contributed by atoms with E-state index in [0.29, 0.717) is 27.9 Å². The maximum absolute atomic E-state index is 11.4. The van der Waals surface area contributed by atoms with Gasteiger partial charge < -0.3 is 14.7 Å². The fraction of sp³-hybridized carbons (Fsp3) is 0.357. The Morgan fingerprint density at radius 1 is 1.45 bits per heavy atom. The van der Waals surface area contributed by atoms with E-state index in [0.717, 1.165) is 12.8 Å². The Morgan fingerprint density at radius 2 is 2.27 bits per heavy atom. The van der Waals surface area contributed by atoms with Gasteiger partial charge in [-0.2, -0.15) is 0 Å². The normalized spacial score (nSPS) is 10.5. The van der Waals surface area contributed by atoms with E-state index in [9.17, 15) is 10.0 Å². The summed E-state index contributed by atoms with van der Waals surface area (Å²) in [5.41, 5.74) is 0.797. The number of unbranched alkanes of at least 4 members (excludes halogenated alkanes) is 1. The summed E-state index contributed by atoms with van der Waals surface area (Å²) >= 11 is 5.76. The first-order valence-corrected chi connectivity index (χ1v) is 7.17. The van der Waals surface area contributed by atoms with E-state index in [2.05, 4.69) is 10.1 Å². The zero-order valence-corrected chi connectivity index (χ0v) is 12.8. The van der Waals surface area contributed by atoms with Crippen LogP contribution in [0.15, 0.2) is 24.4 Å². The van der Waals surface area contributed by atoms with Gasteiger partial charge in [0.05, 0.1) is 17.3 Å². The van der Waals surface area contributed by atoms with E-state index in [4.69, 9.17) is 21.1 Å². The predicted octanol–water partition coefficient (Wildman–Crippen LogP) is 2.56. The number of ether oxygens (including phenoxy) is 2. The highest BCUT2D eigenvalue weighted by Crippen LogP contribution is 2.22. The highest BCUT2D eigenvalue weighted by atomic mass is 35.5. The first kappa shape index (κ1) is 16.1. The zero-order chi connectivity index (χ0) is 15.9. The van der Waals surface area contributed by atoms with Gasteiger partial charge in [-0.15, -0.1) is 0 Å². The van der Waals surface area contributed by atoms with Gasteiger partial charge in [-0.3, -0.25) is 4.98 Å². The zero-order valence-electron chi connectivity index (χ0n) is 12.0. The maximum Gasteiger partial charge on any atom is 0.344 e. The summed E-state index contributed by atoms with van der Waals surface area (Å²) < 4.78 is 10.1. The van der Waals surface area contributed by atoms with Gasteiger partial charge in [-0.25, -0.2) is 4.79 Å². The third-order valence-electron chi connectivity index (χ3n) is 2.76. The fourth-order valence-corrected chi connectivity index (χ4v) is 1.74. The Labute approximate surface area is 132 Å². The number of pyridine rings is 1. The molecule has 0 atom stereocenters. The van der Waals surface area contributed by atoms with Crippen LogP contribution in [-0.4, -0.2) is 39.3 Å². The van der Waals surface area contributed by atoms with Gasteiger partial charge in [0.25, 0.3) is 0 Å². The molecule has 2 aromatic rings. The molecule has 0 fully saturated rings. The molecule has 0 aliphatic rings. The molecule has 1 N–H and O–H groups in total. The average Bonchev–Trinajstić information content (AvgIpc) is 2.87. The lowest BCUT2D eigenvalue weighted by molar-refractivity contribution is -0.146.